The van der Waals surface area contributed by atoms with Gasteiger partial charge >= 0.3 is 0 Å². The maximum atomic E-state index is 12.6. The highest BCUT2D eigenvalue weighted by Gasteiger charge is 2.27. The summed E-state index contributed by atoms with van der Waals surface area (Å²) in [6, 6.07) is -1.25. The summed E-state index contributed by atoms with van der Waals surface area (Å²) in [5.41, 5.74) is 0. The molecule has 324 valence electrons. The molecule has 0 aliphatic carbocycles. The largest absolute Gasteiger partial charge is 0.387 e. The minimum Gasteiger partial charge on any atom is -0.387 e. The quantitative estimate of drug-likeness (QED) is 0.0277. The van der Waals surface area contributed by atoms with Gasteiger partial charge in [0.2, 0.25) is 5.91 Å². The average molecular weight is 796 g/mol. The number of rotatable bonds is 42. The van der Waals surface area contributed by atoms with Crippen molar-refractivity contribution in [3.8, 4) is 0 Å². The molecule has 8 heteroatoms. The Balaban J connectivity index is 3.98. The second-order valence-corrected chi connectivity index (χ2v) is 17.7. The minimum absolute atomic E-state index is 0.268. The van der Waals surface area contributed by atoms with Gasteiger partial charge in [0, 0.05) is 0 Å². The fourth-order valence-electron chi connectivity index (χ4n) is 7.06. The lowest BCUT2D eigenvalue weighted by molar-refractivity contribution is -0.130. The van der Waals surface area contributed by atoms with Crippen LogP contribution in [-0.2, 0) is 14.9 Å². The molecule has 55 heavy (non-hydrogen) atoms. The highest BCUT2D eigenvalue weighted by atomic mass is 32.2. The minimum atomic E-state index is -4.46. The third-order valence-corrected chi connectivity index (χ3v) is 11.4. The maximum Gasteiger partial charge on any atom is 0.267 e. The van der Waals surface area contributed by atoms with E-state index in [1.165, 1.54) is 167 Å². The molecule has 0 spiro atoms. The first-order chi connectivity index (χ1) is 26.7. The molecule has 0 saturated heterocycles. The Hall–Kier alpha value is -1.48. The summed E-state index contributed by atoms with van der Waals surface area (Å²) in [6.45, 7) is 4.53. The summed E-state index contributed by atoms with van der Waals surface area (Å²) in [7, 11) is -4.46. The van der Waals surface area contributed by atoms with Crippen molar-refractivity contribution in [1.29, 1.82) is 0 Å². The van der Waals surface area contributed by atoms with Crippen molar-refractivity contribution in [1.82, 2.24) is 5.32 Å². The van der Waals surface area contributed by atoms with Gasteiger partial charge in [0.05, 0.1) is 17.9 Å². The molecule has 0 radical (unpaired) electrons. The molecule has 1 amide bonds. The topological polar surface area (TPSA) is 124 Å². The van der Waals surface area contributed by atoms with Crippen LogP contribution in [0.25, 0.3) is 0 Å². The molecule has 0 aliphatic rings. The molecule has 7 nitrogen and oxygen atoms in total. The number of carbonyl (C=O) groups excluding carboxylic acids is 1. The fraction of sp³-hybridized carbons (Fsp3) is 0.851. The molecule has 0 aromatic carbocycles. The number of carbonyl (C=O) groups is 1. The number of hydrogen-bond acceptors (Lipinski definition) is 5. The zero-order valence-electron chi connectivity index (χ0n) is 35.9. The van der Waals surface area contributed by atoms with Crippen molar-refractivity contribution in [3.63, 3.8) is 0 Å². The number of hydrogen-bond donors (Lipinski definition) is 4. The SMILES string of the molecule is CCCCCCCCCCCC/C=C/CC/C=C/C(O)C(CS(=O)(=O)O)NC(=O)C(O)CCCCCCCC/C=C\CCCCCCCCCCCCCC. The fourth-order valence-corrected chi connectivity index (χ4v) is 7.79. The Morgan fingerprint density at radius 2 is 0.818 bits per heavy atom. The molecule has 0 rings (SSSR count). The molecule has 0 aromatic rings. The first-order valence-corrected chi connectivity index (χ1v) is 24.9. The van der Waals surface area contributed by atoms with E-state index in [9.17, 15) is 28.0 Å². The van der Waals surface area contributed by atoms with E-state index in [2.05, 4.69) is 43.5 Å². The van der Waals surface area contributed by atoms with Crippen LogP contribution < -0.4 is 5.32 Å². The van der Waals surface area contributed by atoms with Gasteiger partial charge in [-0.15, -0.1) is 0 Å². The maximum absolute atomic E-state index is 12.6. The molecule has 0 aromatic heterocycles. The molecule has 0 aliphatic heterocycles. The van der Waals surface area contributed by atoms with Crippen LogP contribution in [0.15, 0.2) is 36.5 Å². The highest BCUT2D eigenvalue weighted by Crippen LogP contribution is 2.15. The van der Waals surface area contributed by atoms with Crippen LogP contribution in [0.5, 0.6) is 0 Å². The summed E-state index contributed by atoms with van der Waals surface area (Å²) in [4.78, 5) is 12.6. The van der Waals surface area contributed by atoms with Crippen LogP contribution in [0.3, 0.4) is 0 Å². The molecule has 4 N–H and O–H groups in total. The molecule has 3 atom stereocenters. The predicted octanol–water partition coefficient (Wildman–Crippen LogP) is 13.1. The van der Waals surface area contributed by atoms with Crippen molar-refractivity contribution in [3.05, 3.63) is 36.5 Å². The van der Waals surface area contributed by atoms with E-state index < -0.39 is 40.0 Å². The van der Waals surface area contributed by atoms with Crippen molar-refractivity contribution < 1.29 is 28.0 Å². The van der Waals surface area contributed by atoms with E-state index in [0.717, 1.165) is 38.5 Å². The van der Waals surface area contributed by atoms with Gasteiger partial charge in [0.25, 0.3) is 10.1 Å². The molecule has 3 unspecified atom stereocenters. The number of aliphatic hydroxyl groups excluding tert-OH is 2. The van der Waals surface area contributed by atoms with Gasteiger partial charge < -0.3 is 15.5 Å². The van der Waals surface area contributed by atoms with Gasteiger partial charge in [-0.3, -0.25) is 9.35 Å². The Bertz CT molecular complexity index is 1030. The smallest absolute Gasteiger partial charge is 0.267 e. The summed E-state index contributed by atoms with van der Waals surface area (Å²) in [5, 5.41) is 23.4. The van der Waals surface area contributed by atoms with Crippen LogP contribution in [0.4, 0.5) is 0 Å². The Morgan fingerprint density at radius 3 is 1.20 bits per heavy atom. The lowest BCUT2D eigenvalue weighted by Crippen LogP contribution is -2.50. The highest BCUT2D eigenvalue weighted by molar-refractivity contribution is 7.85. The summed E-state index contributed by atoms with van der Waals surface area (Å²) in [5.74, 6) is -1.56. The van der Waals surface area contributed by atoms with Gasteiger partial charge in [-0.25, -0.2) is 0 Å². The zero-order chi connectivity index (χ0) is 40.5. The zero-order valence-corrected chi connectivity index (χ0v) is 36.7. The standard InChI is InChI=1S/C47H89NO6S/c1-3-5-7-9-11-13-15-17-19-21-22-23-24-25-26-28-30-32-34-36-38-40-42-46(50)47(51)48-44(43-55(52,53)54)45(49)41-39-37-35-33-31-29-27-20-18-16-14-12-10-8-6-4-2/h25-26,31,33,39,41,44-46,49-50H,3-24,27-30,32,34-38,40,42-43H2,1-2H3,(H,48,51)(H,52,53,54)/b26-25-,33-31+,41-39+. The molecular formula is C47H89NO6S. The van der Waals surface area contributed by atoms with E-state index in [1.807, 2.05) is 0 Å². The van der Waals surface area contributed by atoms with Crippen molar-refractivity contribution >= 4 is 16.0 Å². The second kappa shape index (κ2) is 40.7. The monoisotopic (exact) mass is 796 g/mol. The van der Waals surface area contributed by atoms with Gasteiger partial charge in [0.15, 0.2) is 0 Å². The van der Waals surface area contributed by atoms with E-state index in [-0.39, 0.29) is 6.42 Å². The number of unbranched alkanes of at least 4 members (excludes halogenated alkanes) is 29. The van der Waals surface area contributed by atoms with Crippen LogP contribution in [0, 0.1) is 0 Å². The summed E-state index contributed by atoms with van der Waals surface area (Å²) in [6.07, 6.45) is 50.7. The molecule has 0 fully saturated rings. The van der Waals surface area contributed by atoms with Gasteiger partial charge in [-0.1, -0.05) is 211 Å². The Labute approximate surface area is 340 Å². The predicted molar refractivity (Wildman–Crippen MR) is 236 cm³/mol. The molecular weight excluding hydrogens is 707 g/mol. The number of nitrogens with one attached hydrogen (secondary N) is 1. The van der Waals surface area contributed by atoms with Crippen molar-refractivity contribution in [2.24, 2.45) is 0 Å². The first-order valence-electron chi connectivity index (χ1n) is 23.3. The summed E-state index contributed by atoms with van der Waals surface area (Å²) < 4.78 is 32.6. The Morgan fingerprint density at radius 1 is 0.491 bits per heavy atom. The lowest BCUT2D eigenvalue weighted by atomic mass is 10.0. The normalized spacial score (nSPS) is 14.1. The van der Waals surface area contributed by atoms with E-state index in [4.69, 9.17) is 0 Å². The lowest BCUT2D eigenvalue weighted by Gasteiger charge is -2.22. The Kier molecular flexibility index (Phi) is 39.6. The van der Waals surface area contributed by atoms with Crippen LogP contribution in [-0.4, -0.2) is 53.1 Å². The van der Waals surface area contributed by atoms with Gasteiger partial charge in [-0.2, -0.15) is 8.42 Å². The van der Waals surface area contributed by atoms with Crippen LogP contribution >= 0.6 is 0 Å². The van der Waals surface area contributed by atoms with E-state index in [1.54, 1.807) is 6.08 Å². The van der Waals surface area contributed by atoms with Gasteiger partial charge in [-0.05, 0) is 57.8 Å². The van der Waals surface area contributed by atoms with Crippen LogP contribution in [0.1, 0.15) is 232 Å². The molecule has 0 saturated carbocycles. The first kappa shape index (κ1) is 53.5. The van der Waals surface area contributed by atoms with E-state index >= 15 is 0 Å². The van der Waals surface area contributed by atoms with E-state index in [0.29, 0.717) is 12.8 Å². The van der Waals surface area contributed by atoms with Crippen molar-refractivity contribution in [2.45, 2.75) is 250 Å². The van der Waals surface area contributed by atoms with Crippen molar-refractivity contribution in [2.75, 3.05) is 5.75 Å². The van der Waals surface area contributed by atoms with Crippen LogP contribution in [0.2, 0.25) is 0 Å². The second-order valence-electron chi connectivity index (χ2n) is 16.2. The van der Waals surface area contributed by atoms with Gasteiger partial charge in [0.1, 0.15) is 6.10 Å². The summed E-state index contributed by atoms with van der Waals surface area (Å²) >= 11 is 0. The average Bonchev–Trinajstić information content (AvgIpc) is 3.15. The number of amides is 1. The molecule has 0 heterocycles. The number of aliphatic hydroxyl groups is 2. The third-order valence-electron chi connectivity index (χ3n) is 10.6. The third kappa shape index (κ3) is 40.5. The number of allylic oxidation sites excluding steroid dienone is 5. The molecule has 0 bridgehead atoms.